The summed E-state index contributed by atoms with van der Waals surface area (Å²) in [6.45, 7) is 1.92. The summed E-state index contributed by atoms with van der Waals surface area (Å²) < 4.78 is 26.0. The summed E-state index contributed by atoms with van der Waals surface area (Å²) in [5.41, 5.74) is 0.215. The lowest BCUT2D eigenvalue weighted by Gasteiger charge is -2.23. The lowest BCUT2D eigenvalue weighted by Crippen LogP contribution is -2.36. The van der Waals surface area contributed by atoms with Gasteiger partial charge in [-0.2, -0.15) is 9.57 Å². The Hall–Kier alpha value is -1.45. The molecule has 0 aliphatic heterocycles. The molecule has 1 aliphatic rings. The van der Waals surface area contributed by atoms with Gasteiger partial charge in [-0.15, -0.1) is 0 Å². The topological polar surface area (TPSA) is 74.1 Å². The van der Waals surface area contributed by atoms with Gasteiger partial charge in [-0.05, 0) is 37.8 Å². The molecule has 1 aliphatic carbocycles. The van der Waals surface area contributed by atoms with Crippen LogP contribution in [0.25, 0.3) is 0 Å². The molecule has 1 atom stereocenters. The normalized spacial score (nSPS) is 17.4. The van der Waals surface area contributed by atoms with Crippen LogP contribution in [0.3, 0.4) is 0 Å². The number of rotatable bonds is 4. The molecule has 96 valence electrons. The van der Waals surface area contributed by atoms with E-state index < -0.39 is 10.0 Å². The number of hydrogen-bond acceptors (Lipinski definition) is 4. The smallest absolute Gasteiger partial charge is 0.244 e. The Morgan fingerprint density at radius 2 is 2.17 bits per heavy atom. The molecule has 0 amide bonds. The molecule has 1 heterocycles. The van der Waals surface area contributed by atoms with Crippen LogP contribution < -0.4 is 0 Å². The van der Waals surface area contributed by atoms with Crippen molar-refractivity contribution in [2.24, 2.45) is 5.92 Å². The van der Waals surface area contributed by atoms with Gasteiger partial charge in [0.2, 0.25) is 10.0 Å². The first kappa shape index (κ1) is 13.0. The number of hydrogen-bond donors (Lipinski definition) is 0. The Kier molecular flexibility index (Phi) is 3.37. The maximum absolute atomic E-state index is 12.3. The van der Waals surface area contributed by atoms with E-state index in [9.17, 15) is 8.42 Å². The lowest BCUT2D eigenvalue weighted by atomic mass is 10.2. The molecule has 18 heavy (non-hydrogen) atoms. The second-order valence-electron chi connectivity index (χ2n) is 4.59. The summed E-state index contributed by atoms with van der Waals surface area (Å²) in [7, 11) is -1.91. The summed E-state index contributed by atoms with van der Waals surface area (Å²) in [5.74, 6) is 0.469. The highest BCUT2D eigenvalue weighted by molar-refractivity contribution is 7.89. The molecule has 1 fully saturated rings. The van der Waals surface area contributed by atoms with E-state index in [2.05, 4.69) is 4.98 Å². The lowest BCUT2D eigenvalue weighted by molar-refractivity contribution is 0.357. The molecular formula is C12H15N3O2S. The van der Waals surface area contributed by atoms with E-state index in [1.165, 1.54) is 22.6 Å². The van der Waals surface area contributed by atoms with Gasteiger partial charge in [-0.25, -0.2) is 13.4 Å². The van der Waals surface area contributed by atoms with Crippen molar-refractivity contribution in [3.05, 3.63) is 24.0 Å². The van der Waals surface area contributed by atoms with Crippen LogP contribution in [-0.2, 0) is 10.0 Å². The van der Waals surface area contributed by atoms with Crippen molar-refractivity contribution in [1.29, 1.82) is 5.26 Å². The van der Waals surface area contributed by atoms with E-state index in [1.54, 1.807) is 7.05 Å². The van der Waals surface area contributed by atoms with Crippen LogP contribution in [0.15, 0.2) is 23.2 Å². The van der Waals surface area contributed by atoms with Crippen molar-refractivity contribution in [2.45, 2.75) is 30.7 Å². The maximum Gasteiger partial charge on any atom is 0.244 e. The van der Waals surface area contributed by atoms with Gasteiger partial charge < -0.3 is 0 Å². The largest absolute Gasteiger partial charge is 0.244 e. The second kappa shape index (κ2) is 4.67. The van der Waals surface area contributed by atoms with Gasteiger partial charge in [0.15, 0.2) is 0 Å². The molecule has 0 aromatic carbocycles. The van der Waals surface area contributed by atoms with Gasteiger partial charge in [-0.3, -0.25) is 0 Å². The summed E-state index contributed by atoms with van der Waals surface area (Å²) in [5, 5.41) is 8.64. The Morgan fingerprint density at radius 3 is 2.61 bits per heavy atom. The summed E-state index contributed by atoms with van der Waals surface area (Å²) in [6.07, 6.45) is 3.42. The number of aromatic nitrogens is 1. The van der Waals surface area contributed by atoms with Gasteiger partial charge in [0.1, 0.15) is 16.7 Å². The summed E-state index contributed by atoms with van der Waals surface area (Å²) in [6, 6.07) is 4.72. The van der Waals surface area contributed by atoms with Crippen LogP contribution in [0.2, 0.25) is 0 Å². The molecular weight excluding hydrogens is 250 g/mol. The molecule has 0 spiro atoms. The third kappa shape index (κ3) is 2.37. The average Bonchev–Trinajstić information content (AvgIpc) is 3.21. The van der Waals surface area contributed by atoms with E-state index in [4.69, 9.17) is 5.26 Å². The van der Waals surface area contributed by atoms with E-state index in [0.29, 0.717) is 5.92 Å². The van der Waals surface area contributed by atoms with E-state index in [0.717, 1.165) is 12.8 Å². The highest BCUT2D eigenvalue weighted by Gasteiger charge is 2.36. The third-order valence-electron chi connectivity index (χ3n) is 3.41. The van der Waals surface area contributed by atoms with Crippen LogP contribution in [0.5, 0.6) is 0 Å². The minimum atomic E-state index is -3.51. The fourth-order valence-electron chi connectivity index (χ4n) is 1.86. The number of nitrogens with zero attached hydrogens (tertiary/aromatic N) is 3. The minimum absolute atomic E-state index is 0.00523. The minimum Gasteiger partial charge on any atom is -0.244 e. The fraction of sp³-hybridized carbons (Fsp3) is 0.500. The molecule has 1 aromatic heterocycles. The van der Waals surface area contributed by atoms with Crippen molar-refractivity contribution in [3.8, 4) is 6.07 Å². The number of sulfonamides is 1. The summed E-state index contributed by atoms with van der Waals surface area (Å²) in [4.78, 5) is 3.93. The van der Waals surface area contributed by atoms with Gasteiger partial charge in [-0.1, -0.05) is 0 Å². The predicted molar refractivity (Wildman–Crippen MR) is 66.1 cm³/mol. The quantitative estimate of drug-likeness (QED) is 0.824. The van der Waals surface area contributed by atoms with Crippen LogP contribution in [0, 0.1) is 17.2 Å². The van der Waals surface area contributed by atoms with Crippen molar-refractivity contribution in [2.75, 3.05) is 7.05 Å². The van der Waals surface area contributed by atoms with Gasteiger partial charge >= 0.3 is 0 Å². The first-order valence-electron chi connectivity index (χ1n) is 5.81. The third-order valence-corrected chi connectivity index (χ3v) is 5.33. The standard InChI is InChI=1S/C12H15N3O2S/c1-9(10-3-4-10)15(2)18(16,17)12-6-5-11(7-13)14-8-12/h5-6,8-10H,3-4H2,1-2H3. The number of nitriles is 1. The Labute approximate surface area is 107 Å². The zero-order chi connectivity index (χ0) is 13.3. The van der Waals surface area contributed by atoms with E-state index >= 15 is 0 Å². The first-order valence-corrected chi connectivity index (χ1v) is 7.25. The van der Waals surface area contributed by atoms with Gasteiger partial charge in [0.25, 0.3) is 0 Å². The van der Waals surface area contributed by atoms with Crippen molar-refractivity contribution in [1.82, 2.24) is 9.29 Å². The molecule has 1 aromatic rings. The van der Waals surface area contributed by atoms with Crippen LogP contribution in [-0.4, -0.2) is 30.8 Å². The molecule has 2 rings (SSSR count). The fourth-order valence-corrected chi connectivity index (χ4v) is 3.23. The van der Waals surface area contributed by atoms with Crippen molar-refractivity contribution < 1.29 is 8.42 Å². The molecule has 1 saturated carbocycles. The monoisotopic (exact) mass is 265 g/mol. The number of pyridine rings is 1. The van der Waals surface area contributed by atoms with Gasteiger partial charge in [0, 0.05) is 19.3 Å². The van der Waals surface area contributed by atoms with Crippen molar-refractivity contribution >= 4 is 10.0 Å². The predicted octanol–water partition coefficient (Wildman–Crippen LogP) is 1.37. The van der Waals surface area contributed by atoms with Crippen LogP contribution in [0.1, 0.15) is 25.5 Å². The average molecular weight is 265 g/mol. The molecule has 0 saturated heterocycles. The van der Waals surface area contributed by atoms with E-state index in [-0.39, 0.29) is 16.6 Å². The van der Waals surface area contributed by atoms with Gasteiger partial charge in [0.05, 0.1) is 0 Å². The van der Waals surface area contributed by atoms with Crippen LogP contribution in [0.4, 0.5) is 0 Å². The molecule has 0 N–H and O–H groups in total. The molecule has 6 heteroatoms. The Balaban J connectivity index is 2.26. The zero-order valence-corrected chi connectivity index (χ0v) is 11.2. The maximum atomic E-state index is 12.3. The van der Waals surface area contributed by atoms with E-state index in [1.807, 2.05) is 13.0 Å². The first-order chi connectivity index (χ1) is 8.46. The molecule has 0 radical (unpaired) electrons. The molecule has 0 bridgehead atoms. The SMILES string of the molecule is CC(C1CC1)N(C)S(=O)(=O)c1ccc(C#N)nc1. The zero-order valence-electron chi connectivity index (χ0n) is 10.4. The van der Waals surface area contributed by atoms with Crippen molar-refractivity contribution in [3.63, 3.8) is 0 Å². The molecule has 5 nitrogen and oxygen atoms in total. The second-order valence-corrected chi connectivity index (χ2v) is 6.59. The summed E-state index contributed by atoms with van der Waals surface area (Å²) >= 11 is 0. The molecule has 1 unspecified atom stereocenters. The highest BCUT2D eigenvalue weighted by atomic mass is 32.2. The Morgan fingerprint density at radius 1 is 1.50 bits per heavy atom. The highest BCUT2D eigenvalue weighted by Crippen LogP contribution is 2.36. The van der Waals surface area contributed by atoms with Crippen LogP contribution >= 0.6 is 0 Å². The Bertz CT molecular complexity index is 570.